The van der Waals surface area contributed by atoms with Crippen LogP contribution in [0.15, 0.2) is 18.2 Å². The van der Waals surface area contributed by atoms with Crippen molar-refractivity contribution in [2.75, 3.05) is 5.32 Å². The maximum atomic E-state index is 12.7. The number of nitrogens with zero attached hydrogens (tertiary/aromatic N) is 2. The van der Waals surface area contributed by atoms with Crippen molar-refractivity contribution in [3.05, 3.63) is 60.0 Å². The number of rotatable bonds is 7. The van der Waals surface area contributed by atoms with Gasteiger partial charge in [0, 0.05) is 17.0 Å². The molecule has 1 aromatic carbocycles. The predicted molar refractivity (Wildman–Crippen MR) is 107 cm³/mol. The lowest BCUT2D eigenvalue weighted by Gasteiger charge is -2.11. The quantitative estimate of drug-likeness (QED) is 0.400. The van der Waals surface area contributed by atoms with Crippen LogP contribution in [0.3, 0.4) is 0 Å². The SMILES string of the molecule is CCc1c(C)sc(NC(=O)c2cc([N+](=O)[O-])cc([N+](=O)[O-])c2)c1C(=O)OC(C)C. The molecule has 0 bridgehead atoms. The molecule has 0 fully saturated rings. The predicted octanol–water partition coefficient (Wildman–Crippen LogP) is 4.25. The zero-order valence-electron chi connectivity index (χ0n) is 16.2. The molecular formula is C18H19N3O7S. The van der Waals surface area contributed by atoms with Crippen molar-refractivity contribution in [1.82, 2.24) is 0 Å². The van der Waals surface area contributed by atoms with E-state index in [1.54, 1.807) is 20.8 Å². The summed E-state index contributed by atoms with van der Waals surface area (Å²) < 4.78 is 5.26. The molecule has 2 rings (SSSR count). The highest BCUT2D eigenvalue weighted by atomic mass is 32.1. The second kappa shape index (κ2) is 8.78. The van der Waals surface area contributed by atoms with Gasteiger partial charge in [0.05, 0.1) is 33.1 Å². The molecule has 0 spiro atoms. The third-order valence-electron chi connectivity index (χ3n) is 3.92. The first-order chi connectivity index (χ1) is 13.5. The molecule has 0 radical (unpaired) electrons. The number of nitrogens with one attached hydrogen (secondary N) is 1. The summed E-state index contributed by atoms with van der Waals surface area (Å²) in [5, 5.41) is 24.8. The highest BCUT2D eigenvalue weighted by molar-refractivity contribution is 7.16. The number of carbonyl (C=O) groups excluding carboxylic acids is 2. The summed E-state index contributed by atoms with van der Waals surface area (Å²) in [6, 6.07) is 2.65. The number of hydrogen-bond donors (Lipinski definition) is 1. The van der Waals surface area contributed by atoms with Crippen molar-refractivity contribution >= 4 is 39.6 Å². The van der Waals surface area contributed by atoms with Crippen molar-refractivity contribution in [3.8, 4) is 0 Å². The van der Waals surface area contributed by atoms with E-state index in [2.05, 4.69) is 5.32 Å². The Labute approximate surface area is 169 Å². The molecular weight excluding hydrogens is 402 g/mol. The smallest absolute Gasteiger partial charge is 0.341 e. The molecule has 0 saturated carbocycles. The average molecular weight is 421 g/mol. The summed E-state index contributed by atoms with van der Waals surface area (Å²) in [5.41, 5.74) is -0.489. The molecule has 10 nitrogen and oxygen atoms in total. The normalized spacial score (nSPS) is 10.7. The van der Waals surface area contributed by atoms with Gasteiger partial charge >= 0.3 is 5.97 Å². The topological polar surface area (TPSA) is 142 Å². The standard InChI is InChI=1S/C18H19N3O7S/c1-5-14-10(4)29-17(15(14)18(23)28-9(2)3)19-16(22)11-6-12(20(24)25)8-13(7-11)21(26)27/h6-9H,5H2,1-4H3,(H,19,22). The number of aryl methyl sites for hydroxylation is 1. The molecule has 0 aliphatic carbocycles. The van der Waals surface area contributed by atoms with E-state index in [1.807, 2.05) is 6.92 Å². The Morgan fingerprint density at radius 2 is 1.69 bits per heavy atom. The molecule has 1 aromatic heterocycles. The molecule has 0 atom stereocenters. The molecule has 29 heavy (non-hydrogen) atoms. The van der Waals surface area contributed by atoms with Gasteiger partial charge in [0.2, 0.25) is 0 Å². The van der Waals surface area contributed by atoms with Gasteiger partial charge in [-0.2, -0.15) is 0 Å². The minimum absolute atomic E-state index is 0.219. The maximum Gasteiger partial charge on any atom is 0.341 e. The number of esters is 1. The number of hydrogen-bond acceptors (Lipinski definition) is 8. The summed E-state index contributed by atoms with van der Waals surface area (Å²) in [6.07, 6.45) is 0.165. The zero-order valence-corrected chi connectivity index (χ0v) is 17.0. The van der Waals surface area contributed by atoms with Gasteiger partial charge in [-0.05, 0) is 32.8 Å². The summed E-state index contributed by atoms with van der Waals surface area (Å²) in [7, 11) is 0. The fraction of sp³-hybridized carbons (Fsp3) is 0.333. The Morgan fingerprint density at radius 3 is 2.14 bits per heavy atom. The first-order valence-corrected chi connectivity index (χ1v) is 9.45. The van der Waals surface area contributed by atoms with Crippen LogP contribution in [0.25, 0.3) is 0 Å². The van der Waals surface area contributed by atoms with Gasteiger partial charge < -0.3 is 10.1 Å². The first kappa shape index (κ1) is 22.0. The maximum absolute atomic E-state index is 12.7. The molecule has 0 unspecified atom stereocenters. The fourth-order valence-electron chi connectivity index (χ4n) is 2.69. The van der Waals surface area contributed by atoms with Gasteiger partial charge in [-0.25, -0.2) is 4.79 Å². The van der Waals surface area contributed by atoms with Gasteiger partial charge in [0.1, 0.15) is 5.00 Å². The molecule has 0 aliphatic rings. The second-order valence-corrected chi connectivity index (χ2v) is 7.58. The fourth-order valence-corrected chi connectivity index (χ4v) is 3.82. The lowest BCUT2D eigenvalue weighted by molar-refractivity contribution is -0.394. The number of anilines is 1. The van der Waals surface area contributed by atoms with Crippen LogP contribution in [-0.2, 0) is 11.2 Å². The van der Waals surface area contributed by atoms with Gasteiger partial charge in [-0.15, -0.1) is 11.3 Å². The van der Waals surface area contributed by atoms with E-state index in [0.717, 1.165) is 40.0 Å². The summed E-state index contributed by atoms with van der Waals surface area (Å²) in [6.45, 7) is 7.05. The largest absolute Gasteiger partial charge is 0.459 e. The van der Waals surface area contributed by atoms with Crippen molar-refractivity contribution in [1.29, 1.82) is 0 Å². The van der Waals surface area contributed by atoms with Crippen molar-refractivity contribution in [2.24, 2.45) is 0 Å². The number of benzene rings is 1. The highest BCUT2D eigenvalue weighted by Crippen LogP contribution is 2.35. The van der Waals surface area contributed by atoms with Crippen molar-refractivity contribution < 1.29 is 24.2 Å². The third-order valence-corrected chi connectivity index (χ3v) is 4.99. The molecule has 1 N–H and O–H groups in total. The van der Waals surface area contributed by atoms with Crippen molar-refractivity contribution in [2.45, 2.75) is 40.2 Å². The molecule has 2 aromatic rings. The van der Waals surface area contributed by atoms with E-state index in [1.165, 1.54) is 0 Å². The van der Waals surface area contributed by atoms with Gasteiger partial charge in [-0.3, -0.25) is 25.0 Å². The number of nitro benzene ring substituents is 2. The van der Waals surface area contributed by atoms with Crippen LogP contribution in [-0.4, -0.2) is 27.8 Å². The van der Waals surface area contributed by atoms with E-state index in [-0.39, 0.29) is 22.2 Å². The van der Waals surface area contributed by atoms with E-state index in [4.69, 9.17) is 4.74 Å². The molecule has 0 aliphatic heterocycles. The zero-order chi connectivity index (χ0) is 21.9. The number of nitro groups is 2. The Balaban J connectivity index is 2.47. The molecule has 154 valence electrons. The van der Waals surface area contributed by atoms with Gasteiger partial charge in [-0.1, -0.05) is 6.92 Å². The van der Waals surface area contributed by atoms with Crippen molar-refractivity contribution in [3.63, 3.8) is 0 Å². The van der Waals surface area contributed by atoms with E-state index < -0.39 is 33.1 Å². The Morgan fingerprint density at radius 1 is 1.14 bits per heavy atom. The van der Waals surface area contributed by atoms with Gasteiger partial charge in [0.15, 0.2) is 0 Å². The summed E-state index contributed by atoms with van der Waals surface area (Å²) in [5.74, 6) is -1.40. The third kappa shape index (κ3) is 4.93. The average Bonchev–Trinajstić information content (AvgIpc) is 2.95. The Kier molecular flexibility index (Phi) is 6.64. The molecule has 0 saturated heterocycles. The van der Waals surface area contributed by atoms with Crippen LogP contribution in [0.4, 0.5) is 16.4 Å². The molecule has 11 heteroatoms. The van der Waals surface area contributed by atoms with Crippen LogP contribution in [0.2, 0.25) is 0 Å². The van der Waals surface area contributed by atoms with Crippen LogP contribution in [0.5, 0.6) is 0 Å². The van der Waals surface area contributed by atoms with E-state index in [9.17, 15) is 29.8 Å². The molecule has 1 amide bonds. The van der Waals surface area contributed by atoms with E-state index >= 15 is 0 Å². The highest BCUT2D eigenvalue weighted by Gasteiger charge is 2.26. The Hall–Kier alpha value is -3.34. The van der Waals surface area contributed by atoms with Gasteiger partial charge in [0.25, 0.3) is 17.3 Å². The van der Waals surface area contributed by atoms with Crippen LogP contribution >= 0.6 is 11.3 Å². The minimum atomic E-state index is -0.820. The van der Waals surface area contributed by atoms with E-state index in [0.29, 0.717) is 6.42 Å². The monoisotopic (exact) mass is 421 g/mol. The summed E-state index contributed by atoms with van der Waals surface area (Å²) >= 11 is 1.16. The minimum Gasteiger partial charge on any atom is -0.459 e. The number of non-ortho nitro benzene ring substituents is 2. The lowest BCUT2D eigenvalue weighted by atomic mass is 10.1. The second-order valence-electron chi connectivity index (χ2n) is 6.35. The van der Waals surface area contributed by atoms with Crippen LogP contribution in [0, 0.1) is 27.2 Å². The summed E-state index contributed by atoms with van der Waals surface area (Å²) in [4.78, 5) is 46.4. The number of amides is 1. The Bertz CT molecular complexity index is 965. The number of ether oxygens (including phenoxy) is 1. The van der Waals surface area contributed by atoms with Crippen LogP contribution < -0.4 is 5.32 Å². The first-order valence-electron chi connectivity index (χ1n) is 8.63. The lowest BCUT2D eigenvalue weighted by Crippen LogP contribution is -2.17. The van der Waals surface area contributed by atoms with Crippen LogP contribution in [0.1, 0.15) is 51.9 Å². The molecule has 1 heterocycles. The number of thiophene rings is 1. The number of carbonyl (C=O) groups is 2.